The monoisotopic (exact) mass is 196 g/mol. The highest BCUT2D eigenvalue weighted by atomic mass is 16.5. The average molecular weight is 196 g/mol. The van der Waals surface area contributed by atoms with Gasteiger partial charge in [0.1, 0.15) is 6.10 Å². The van der Waals surface area contributed by atoms with E-state index in [1.807, 2.05) is 6.08 Å². The van der Waals surface area contributed by atoms with Gasteiger partial charge in [-0.3, -0.25) is 0 Å². The van der Waals surface area contributed by atoms with Crippen LogP contribution in [0.1, 0.15) is 26.2 Å². The summed E-state index contributed by atoms with van der Waals surface area (Å²) in [4.78, 5) is 11.2. The van der Waals surface area contributed by atoms with Crippen LogP contribution in [0.5, 0.6) is 0 Å². The van der Waals surface area contributed by atoms with Crippen molar-refractivity contribution < 1.29 is 14.6 Å². The predicted molar refractivity (Wildman–Crippen MR) is 53.7 cm³/mol. The summed E-state index contributed by atoms with van der Waals surface area (Å²) in [6.07, 6.45) is 4.44. The predicted octanol–water partition coefficient (Wildman–Crippen LogP) is 1.58. The molecule has 0 aliphatic heterocycles. The molecule has 0 bridgehead atoms. The quantitative estimate of drug-likeness (QED) is 0.423. The maximum absolute atomic E-state index is 11.2. The number of allylic oxidation sites excluding steroid dienone is 1. The van der Waals surface area contributed by atoms with Crippen LogP contribution in [0.4, 0.5) is 0 Å². The molecule has 0 radical (unpaired) electrons. The van der Waals surface area contributed by atoms with Gasteiger partial charge in [0.2, 0.25) is 0 Å². The highest BCUT2D eigenvalue weighted by Crippen LogP contribution is 2.21. The third kappa shape index (κ3) is 2.70. The lowest BCUT2D eigenvalue weighted by molar-refractivity contribution is -0.143. The maximum Gasteiger partial charge on any atom is 0.333 e. The van der Waals surface area contributed by atoms with Crippen molar-refractivity contribution in [1.82, 2.24) is 0 Å². The zero-order valence-electron chi connectivity index (χ0n) is 8.45. The van der Waals surface area contributed by atoms with Crippen LogP contribution in [0.25, 0.3) is 0 Å². The third-order valence-electron chi connectivity index (χ3n) is 2.27. The molecule has 3 heteroatoms. The van der Waals surface area contributed by atoms with Crippen LogP contribution in [0, 0.1) is 0 Å². The van der Waals surface area contributed by atoms with Crippen molar-refractivity contribution in [2.75, 3.05) is 6.61 Å². The molecular formula is C11H16O3. The molecule has 1 aliphatic carbocycles. The summed E-state index contributed by atoms with van der Waals surface area (Å²) in [5.74, 6) is -0.378. The zero-order valence-corrected chi connectivity index (χ0v) is 8.45. The molecule has 3 nitrogen and oxygen atoms in total. The van der Waals surface area contributed by atoms with Gasteiger partial charge in [0.25, 0.3) is 0 Å². The Balaban J connectivity index is 2.59. The summed E-state index contributed by atoms with van der Waals surface area (Å²) in [5.41, 5.74) is 1.21. The van der Waals surface area contributed by atoms with E-state index in [2.05, 4.69) is 6.58 Å². The van der Waals surface area contributed by atoms with Crippen molar-refractivity contribution in [3.05, 3.63) is 23.8 Å². The Bertz CT molecular complexity index is 266. The van der Waals surface area contributed by atoms with Crippen LogP contribution in [0.2, 0.25) is 0 Å². The molecule has 0 aromatic carbocycles. The summed E-state index contributed by atoms with van der Waals surface area (Å²) in [6.45, 7) is 5.10. The van der Waals surface area contributed by atoms with Crippen molar-refractivity contribution in [2.45, 2.75) is 32.3 Å². The number of aliphatic hydroxyl groups is 1. The standard InChI is InChI=1S/C11H16O3/c1-8(2)11(13)14-10-6-4-3-5-9(10)7-12/h5,10,12H,1,3-4,6-7H2,2H3. The Morgan fingerprint density at radius 2 is 2.50 bits per heavy atom. The molecule has 1 atom stereocenters. The van der Waals surface area contributed by atoms with Crippen LogP contribution < -0.4 is 0 Å². The van der Waals surface area contributed by atoms with Crippen LogP contribution in [-0.4, -0.2) is 23.8 Å². The van der Waals surface area contributed by atoms with E-state index in [-0.39, 0.29) is 18.7 Å². The van der Waals surface area contributed by atoms with Crippen LogP contribution in [-0.2, 0) is 9.53 Å². The molecule has 78 valence electrons. The minimum Gasteiger partial charge on any atom is -0.454 e. The van der Waals surface area contributed by atoms with Gasteiger partial charge in [-0.2, -0.15) is 0 Å². The second-order valence-corrected chi connectivity index (χ2v) is 3.54. The molecule has 1 N–H and O–H groups in total. The smallest absolute Gasteiger partial charge is 0.333 e. The van der Waals surface area contributed by atoms with E-state index in [1.54, 1.807) is 6.92 Å². The Morgan fingerprint density at radius 1 is 1.79 bits per heavy atom. The summed E-state index contributed by atoms with van der Waals surface area (Å²) in [5, 5.41) is 9.03. The van der Waals surface area contributed by atoms with Crippen molar-refractivity contribution in [3.63, 3.8) is 0 Å². The Morgan fingerprint density at radius 3 is 3.07 bits per heavy atom. The van der Waals surface area contributed by atoms with E-state index < -0.39 is 0 Å². The van der Waals surface area contributed by atoms with Crippen molar-refractivity contribution >= 4 is 5.97 Å². The Hall–Kier alpha value is -1.09. The highest BCUT2D eigenvalue weighted by Gasteiger charge is 2.21. The van der Waals surface area contributed by atoms with Crippen molar-refractivity contribution in [1.29, 1.82) is 0 Å². The summed E-state index contributed by atoms with van der Waals surface area (Å²) < 4.78 is 5.19. The molecule has 1 rings (SSSR count). The van der Waals surface area contributed by atoms with Crippen molar-refractivity contribution in [2.24, 2.45) is 0 Å². The van der Waals surface area contributed by atoms with Gasteiger partial charge < -0.3 is 9.84 Å². The van der Waals surface area contributed by atoms with Gasteiger partial charge >= 0.3 is 5.97 Å². The topological polar surface area (TPSA) is 46.5 Å². The zero-order chi connectivity index (χ0) is 10.6. The molecule has 14 heavy (non-hydrogen) atoms. The molecule has 0 aromatic rings. The fourth-order valence-electron chi connectivity index (χ4n) is 1.44. The minimum absolute atomic E-state index is 0.0336. The molecule has 0 amide bonds. The normalized spacial score (nSPS) is 21.3. The first-order valence-corrected chi connectivity index (χ1v) is 4.81. The Labute approximate surface area is 84.1 Å². The number of esters is 1. The summed E-state index contributed by atoms with van der Waals surface area (Å²) in [7, 11) is 0. The van der Waals surface area contributed by atoms with E-state index in [9.17, 15) is 4.79 Å². The molecule has 0 spiro atoms. The molecule has 1 aliphatic rings. The van der Waals surface area contributed by atoms with E-state index in [1.165, 1.54) is 0 Å². The lowest BCUT2D eigenvalue weighted by Gasteiger charge is -2.23. The largest absolute Gasteiger partial charge is 0.454 e. The lowest BCUT2D eigenvalue weighted by atomic mass is 9.97. The fourth-order valence-corrected chi connectivity index (χ4v) is 1.44. The maximum atomic E-state index is 11.2. The molecule has 0 heterocycles. The van der Waals surface area contributed by atoms with E-state index in [0.29, 0.717) is 5.57 Å². The first-order chi connectivity index (χ1) is 6.65. The highest BCUT2D eigenvalue weighted by molar-refractivity contribution is 5.87. The van der Waals surface area contributed by atoms with Crippen LogP contribution in [0.3, 0.4) is 0 Å². The molecule has 0 aromatic heterocycles. The SMILES string of the molecule is C=C(C)C(=O)OC1CCCC=C1CO. The van der Waals surface area contributed by atoms with Gasteiger partial charge in [-0.1, -0.05) is 12.7 Å². The average Bonchev–Trinajstić information content (AvgIpc) is 2.18. The molecular weight excluding hydrogens is 180 g/mol. The molecule has 0 saturated carbocycles. The first-order valence-electron chi connectivity index (χ1n) is 4.81. The Kier molecular flexibility index (Phi) is 3.89. The van der Waals surface area contributed by atoms with Crippen LogP contribution >= 0.6 is 0 Å². The number of aliphatic hydroxyl groups excluding tert-OH is 1. The number of hydrogen-bond donors (Lipinski definition) is 1. The van der Waals surface area contributed by atoms with Crippen LogP contribution in [0.15, 0.2) is 23.8 Å². The first kappa shape index (κ1) is 11.0. The van der Waals surface area contributed by atoms with E-state index >= 15 is 0 Å². The van der Waals surface area contributed by atoms with Gasteiger partial charge in [0, 0.05) is 5.57 Å². The number of carbonyl (C=O) groups excluding carboxylic acids is 1. The fraction of sp³-hybridized carbons (Fsp3) is 0.545. The number of carbonyl (C=O) groups is 1. The second-order valence-electron chi connectivity index (χ2n) is 3.54. The van der Waals surface area contributed by atoms with Gasteiger partial charge in [-0.05, 0) is 31.8 Å². The van der Waals surface area contributed by atoms with E-state index in [4.69, 9.17) is 9.84 Å². The number of rotatable bonds is 3. The lowest BCUT2D eigenvalue weighted by Crippen LogP contribution is -2.24. The molecule has 1 unspecified atom stereocenters. The van der Waals surface area contributed by atoms with E-state index in [0.717, 1.165) is 24.8 Å². The number of hydrogen-bond acceptors (Lipinski definition) is 3. The van der Waals surface area contributed by atoms with Crippen molar-refractivity contribution in [3.8, 4) is 0 Å². The second kappa shape index (κ2) is 4.96. The van der Waals surface area contributed by atoms with Gasteiger partial charge in [0.05, 0.1) is 6.61 Å². The number of ether oxygens (including phenoxy) is 1. The third-order valence-corrected chi connectivity index (χ3v) is 2.27. The molecule has 0 saturated heterocycles. The molecule has 0 fully saturated rings. The minimum atomic E-state index is -0.378. The summed E-state index contributed by atoms with van der Waals surface area (Å²) >= 11 is 0. The van der Waals surface area contributed by atoms with Gasteiger partial charge in [-0.25, -0.2) is 4.79 Å². The summed E-state index contributed by atoms with van der Waals surface area (Å²) in [6, 6.07) is 0. The van der Waals surface area contributed by atoms with Gasteiger partial charge in [-0.15, -0.1) is 0 Å². The van der Waals surface area contributed by atoms with Gasteiger partial charge in [0.15, 0.2) is 0 Å².